The van der Waals surface area contributed by atoms with E-state index in [4.69, 9.17) is 4.74 Å². The van der Waals surface area contributed by atoms with Gasteiger partial charge >= 0.3 is 5.97 Å². The highest BCUT2D eigenvalue weighted by Crippen LogP contribution is 2.27. The van der Waals surface area contributed by atoms with Gasteiger partial charge in [0.1, 0.15) is 0 Å². The maximum Gasteiger partial charge on any atom is 0.333 e. The van der Waals surface area contributed by atoms with Crippen LogP contribution in [0.1, 0.15) is 46.0 Å². The van der Waals surface area contributed by atoms with Gasteiger partial charge in [-0.1, -0.05) is 25.8 Å². The molecule has 0 bridgehead atoms. The number of ether oxygens (including phenoxy) is 1. The van der Waals surface area contributed by atoms with E-state index in [1.165, 1.54) is 32.8 Å². The zero-order valence-corrected chi connectivity index (χ0v) is 11.3. The highest BCUT2D eigenvalue weighted by atomic mass is 16.5. The molecule has 1 fully saturated rings. The predicted octanol–water partition coefficient (Wildman–Crippen LogP) is 2.66. The third-order valence-electron chi connectivity index (χ3n) is 3.72. The van der Waals surface area contributed by atoms with Crippen LogP contribution >= 0.6 is 0 Å². The second kappa shape index (κ2) is 7.49. The molecule has 3 heteroatoms. The molecule has 3 nitrogen and oxygen atoms in total. The van der Waals surface area contributed by atoms with Gasteiger partial charge in [-0.05, 0) is 32.1 Å². The summed E-state index contributed by atoms with van der Waals surface area (Å²) in [6.07, 6.45) is 8.11. The average Bonchev–Trinajstić information content (AvgIpc) is 2.87. The van der Waals surface area contributed by atoms with Crippen LogP contribution in [0.5, 0.6) is 0 Å². The number of hydrogen-bond acceptors (Lipinski definition) is 3. The lowest BCUT2D eigenvalue weighted by molar-refractivity contribution is -0.136. The minimum absolute atomic E-state index is 0.206. The molecule has 0 spiro atoms. The normalized spacial score (nSPS) is 19.4. The molecule has 1 aliphatic carbocycles. The van der Waals surface area contributed by atoms with Gasteiger partial charge < -0.3 is 10.1 Å². The molecular formula is C14H25NO2. The summed E-state index contributed by atoms with van der Waals surface area (Å²) in [5, 5.41) is 3.48. The summed E-state index contributed by atoms with van der Waals surface area (Å²) in [4.78, 5) is 11.4. The van der Waals surface area contributed by atoms with Crippen molar-refractivity contribution in [2.75, 3.05) is 13.7 Å². The Kier molecular flexibility index (Phi) is 6.27. The van der Waals surface area contributed by atoms with Gasteiger partial charge in [0.05, 0.1) is 7.11 Å². The summed E-state index contributed by atoms with van der Waals surface area (Å²) >= 11 is 0. The first kappa shape index (κ1) is 14.2. The van der Waals surface area contributed by atoms with Crippen molar-refractivity contribution in [1.29, 1.82) is 0 Å². The van der Waals surface area contributed by atoms with E-state index in [-0.39, 0.29) is 5.97 Å². The van der Waals surface area contributed by atoms with Gasteiger partial charge in [-0.3, -0.25) is 0 Å². The number of rotatable bonds is 6. The summed E-state index contributed by atoms with van der Waals surface area (Å²) in [7, 11) is 1.43. The van der Waals surface area contributed by atoms with Gasteiger partial charge in [0, 0.05) is 18.2 Å². The summed E-state index contributed by atoms with van der Waals surface area (Å²) in [6.45, 7) is 4.98. The van der Waals surface area contributed by atoms with Crippen molar-refractivity contribution in [3.63, 3.8) is 0 Å². The van der Waals surface area contributed by atoms with E-state index in [0.717, 1.165) is 24.5 Å². The lowest BCUT2D eigenvalue weighted by Crippen LogP contribution is -2.32. The largest absolute Gasteiger partial charge is 0.466 e. The number of esters is 1. The fraction of sp³-hybridized carbons (Fsp3) is 0.786. The maximum atomic E-state index is 11.4. The molecule has 0 aliphatic heterocycles. The van der Waals surface area contributed by atoms with Gasteiger partial charge in [0.2, 0.25) is 0 Å². The molecular weight excluding hydrogens is 214 g/mol. The number of carbonyl (C=O) groups is 1. The van der Waals surface area contributed by atoms with E-state index in [1.54, 1.807) is 0 Å². The van der Waals surface area contributed by atoms with Crippen molar-refractivity contribution >= 4 is 5.97 Å². The van der Waals surface area contributed by atoms with Crippen molar-refractivity contribution in [2.24, 2.45) is 5.92 Å². The van der Waals surface area contributed by atoms with E-state index in [2.05, 4.69) is 12.2 Å². The Morgan fingerprint density at radius 2 is 2.12 bits per heavy atom. The summed E-state index contributed by atoms with van der Waals surface area (Å²) in [5.74, 6) is 0.606. The molecule has 0 aromatic carbocycles. The average molecular weight is 239 g/mol. The first-order valence-corrected chi connectivity index (χ1v) is 6.69. The monoisotopic (exact) mass is 239 g/mol. The molecule has 0 amide bonds. The van der Waals surface area contributed by atoms with Crippen LogP contribution in [-0.2, 0) is 9.53 Å². The summed E-state index contributed by atoms with van der Waals surface area (Å²) in [6, 6.07) is 0.546. The van der Waals surface area contributed by atoms with Crippen molar-refractivity contribution in [2.45, 2.75) is 52.0 Å². The highest BCUT2D eigenvalue weighted by molar-refractivity contribution is 5.88. The van der Waals surface area contributed by atoms with E-state index in [9.17, 15) is 4.79 Å². The molecule has 0 aromatic rings. The minimum atomic E-state index is -0.206. The van der Waals surface area contributed by atoms with Crippen molar-refractivity contribution in [3.8, 4) is 0 Å². The Labute approximate surface area is 105 Å². The van der Waals surface area contributed by atoms with Gasteiger partial charge in [-0.25, -0.2) is 4.79 Å². The third kappa shape index (κ3) is 4.50. The molecule has 0 saturated heterocycles. The SMILES string of the molecule is CCC(=CCN[C@@H](C)C1CCCC1)C(=O)OC. The number of carbonyl (C=O) groups excluding carboxylic acids is 1. The lowest BCUT2D eigenvalue weighted by Gasteiger charge is -2.19. The second-order valence-corrected chi connectivity index (χ2v) is 4.82. The van der Waals surface area contributed by atoms with E-state index < -0.39 is 0 Å². The zero-order chi connectivity index (χ0) is 12.7. The fourth-order valence-electron chi connectivity index (χ4n) is 2.50. The molecule has 1 N–H and O–H groups in total. The molecule has 1 saturated carbocycles. The molecule has 17 heavy (non-hydrogen) atoms. The molecule has 1 aliphatic rings. The maximum absolute atomic E-state index is 11.4. The molecule has 1 atom stereocenters. The van der Waals surface area contributed by atoms with Crippen LogP contribution in [0.4, 0.5) is 0 Å². The van der Waals surface area contributed by atoms with Gasteiger partial charge in [0.15, 0.2) is 0 Å². The smallest absolute Gasteiger partial charge is 0.333 e. The Bertz CT molecular complexity index is 267. The van der Waals surface area contributed by atoms with Crippen LogP contribution in [0.15, 0.2) is 11.6 Å². The zero-order valence-electron chi connectivity index (χ0n) is 11.3. The molecule has 0 unspecified atom stereocenters. The quantitative estimate of drug-likeness (QED) is 0.572. The molecule has 0 radical (unpaired) electrons. The Hall–Kier alpha value is -0.830. The van der Waals surface area contributed by atoms with Crippen LogP contribution in [0, 0.1) is 5.92 Å². The third-order valence-corrected chi connectivity index (χ3v) is 3.72. The van der Waals surface area contributed by atoms with E-state index in [1.807, 2.05) is 13.0 Å². The number of hydrogen-bond donors (Lipinski definition) is 1. The van der Waals surface area contributed by atoms with Gasteiger partial charge in [-0.15, -0.1) is 0 Å². The summed E-state index contributed by atoms with van der Waals surface area (Å²) < 4.78 is 4.73. The molecule has 0 aromatic heterocycles. The topological polar surface area (TPSA) is 38.3 Å². The second-order valence-electron chi connectivity index (χ2n) is 4.82. The minimum Gasteiger partial charge on any atom is -0.466 e. The van der Waals surface area contributed by atoms with Crippen molar-refractivity contribution in [3.05, 3.63) is 11.6 Å². The van der Waals surface area contributed by atoms with E-state index in [0.29, 0.717) is 6.04 Å². The van der Waals surface area contributed by atoms with Gasteiger partial charge in [-0.2, -0.15) is 0 Å². The van der Waals surface area contributed by atoms with E-state index >= 15 is 0 Å². The van der Waals surface area contributed by atoms with Crippen LogP contribution in [-0.4, -0.2) is 25.7 Å². The van der Waals surface area contributed by atoms with Crippen molar-refractivity contribution < 1.29 is 9.53 Å². The number of methoxy groups -OCH3 is 1. The number of nitrogens with one attached hydrogen (secondary N) is 1. The van der Waals surface area contributed by atoms with Crippen LogP contribution in [0.25, 0.3) is 0 Å². The predicted molar refractivity (Wildman–Crippen MR) is 69.8 cm³/mol. The van der Waals surface area contributed by atoms with Crippen LogP contribution < -0.4 is 5.32 Å². The Balaban J connectivity index is 2.33. The van der Waals surface area contributed by atoms with Crippen molar-refractivity contribution in [1.82, 2.24) is 5.32 Å². The standard InChI is InChI=1S/C14H25NO2/c1-4-12(14(16)17-3)9-10-15-11(2)13-7-5-6-8-13/h9,11,13,15H,4-8,10H2,1-3H3/t11-/m0/s1. The van der Waals surface area contributed by atoms with Crippen LogP contribution in [0.2, 0.25) is 0 Å². The molecule has 0 heterocycles. The first-order valence-electron chi connectivity index (χ1n) is 6.69. The molecule has 98 valence electrons. The Morgan fingerprint density at radius 3 is 2.65 bits per heavy atom. The molecule has 1 rings (SSSR count). The van der Waals surface area contributed by atoms with Crippen LogP contribution in [0.3, 0.4) is 0 Å². The summed E-state index contributed by atoms with van der Waals surface area (Å²) in [5.41, 5.74) is 0.763. The first-order chi connectivity index (χ1) is 8.19. The highest BCUT2D eigenvalue weighted by Gasteiger charge is 2.20. The lowest BCUT2D eigenvalue weighted by atomic mass is 10.00. The Morgan fingerprint density at radius 1 is 1.47 bits per heavy atom. The van der Waals surface area contributed by atoms with Gasteiger partial charge in [0.25, 0.3) is 0 Å². The fourth-order valence-corrected chi connectivity index (χ4v) is 2.50.